The van der Waals surface area contributed by atoms with Gasteiger partial charge in [0.2, 0.25) is 0 Å². The summed E-state index contributed by atoms with van der Waals surface area (Å²) in [6, 6.07) is 0. The van der Waals surface area contributed by atoms with E-state index >= 15 is 0 Å². The second-order valence-electron chi connectivity index (χ2n) is 3.59. The molecule has 62 valence electrons. The number of fused-ring (bicyclic) bond motifs is 2. The summed E-state index contributed by atoms with van der Waals surface area (Å²) in [5.41, 5.74) is 5.30. The molecule has 0 saturated carbocycles. The Balaban J connectivity index is 2.18. The van der Waals surface area contributed by atoms with Crippen molar-refractivity contribution in [3.63, 3.8) is 0 Å². The first-order valence-electron chi connectivity index (χ1n) is 4.14. The van der Waals surface area contributed by atoms with Gasteiger partial charge in [-0.1, -0.05) is 0 Å². The normalized spacial score (nSPS) is 43.0. The molecule has 2 saturated heterocycles. The maximum absolute atomic E-state index is 11.2. The smallest absolute Gasteiger partial charge is 0.138 e. The zero-order valence-electron chi connectivity index (χ0n) is 6.51. The number of nitrogens with two attached hydrogens (primary N) is 1. The molecule has 2 N–H and O–H groups in total. The molecule has 2 fully saturated rings. The Labute approximate surface area is 65.9 Å². The Bertz CT molecular complexity index is 193. The van der Waals surface area contributed by atoms with E-state index < -0.39 is 0 Å². The fourth-order valence-electron chi connectivity index (χ4n) is 2.08. The van der Waals surface area contributed by atoms with Crippen LogP contribution in [0.2, 0.25) is 0 Å². The third kappa shape index (κ3) is 1.08. The highest BCUT2D eigenvalue weighted by Gasteiger charge is 2.45. The molecule has 2 heterocycles. The highest BCUT2D eigenvalue weighted by atomic mass is 16.5. The van der Waals surface area contributed by atoms with Crippen molar-refractivity contribution in [2.24, 2.45) is 5.73 Å². The van der Waals surface area contributed by atoms with Crippen LogP contribution in [-0.2, 0) is 9.53 Å². The van der Waals surface area contributed by atoms with Gasteiger partial charge in [0, 0.05) is 19.4 Å². The first-order chi connectivity index (χ1) is 5.24. The van der Waals surface area contributed by atoms with Gasteiger partial charge in [-0.3, -0.25) is 4.79 Å². The van der Waals surface area contributed by atoms with Crippen LogP contribution < -0.4 is 5.73 Å². The standard InChI is InChI=1S/C8H13NO2/c9-5-8-2-1-7(11-8)3-6(10)4-8/h7H,1-5,9H2. The molecule has 0 spiro atoms. The van der Waals surface area contributed by atoms with E-state index in [0.29, 0.717) is 25.2 Å². The minimum Gasteiger partial charge on any atom is -0.370 e. The lowest BCUT2D eigenvalue weighted by Gasteiger charge is -2.31. The molecule has 2 bridgehead atoms. The van der Waals surface area contributed by atoms with Gasteiger partial charge in [0.15, 0.2) is 0 Å². The number of ether oxygens (including phenoxy) is 1. The minimum absolute atomic E-state index is 0.180. The maximum atomic E-state index is 11.2. The van der Waals surface area contributed by atoms with E-state index in [4.69, 9.17) is 10.5 Å². The summed E-state index contributed by atoms with van der Waals surface area (Å²) in [7, 11) is 0. The van der Waals surface area contributed by atoms with Crippen LogP contribution in [0.4, 0.5) is 0 Å². The van der Waals surface area contributed by atoms with Gasteiger partial charge in [0.05, 0.1) is 11.7 Å². The summed E-state index contributed by atoms with van der Waals surface area (Å²) >= 11 is 0. The Hall–Kier alpha value is -0.410. The molecule has 2 aliphatic heterocycles. The lowest BCUT2D eigenvalue weighted by Crippen LogP contribution is -2.43. The molecular weight excluding hydrogens is 142 g/mol. The Morgan fingerprint density at radius 3 is 3.27 bits per heavy atom. The van der Waals surface area contributed by atoms with Crippen molar-refractivity contribution in [3.05, 3.63) is 0 Å². The quantitative estimate of drug-likeness (QED) is 0.589. The summed E-state index contributed by atoms with van der Waals surface area (Å²) in [5.74, 6) is 0.323. The van der Waals surface area contributed by atoms with Crippen molar-refractivity contribution in [1.29, 1.82) is 0 Å². The Morgan fingerprint density at radius 1 is 1.73 bits per heavy atom. The summed E-state index contributed by atoms with van der Waals surface area (Å²) < 4.78 is 5.66. The van der Waals surface area contributed by atoms with E-state index in [2.05, 4.69) is 0 Å². The molecule has 0 aromatic rings. The topological polar surface area (TPSA) is 52.3 Å². The Morgan fingerprint density at radius 2 is 2.55 bits per heavy atom. The average molecular weight is 155 g/mol. The van der Waals surface area contributed by atoms with Crippen molar-refractivity contribution in [1.82, 2.24) is 0 Å². The number of rotatable bonds is 1. The van der Waals surface area contributed by atoms with Crippen LogP contribution in [0.1, 0.15) is 25.7 Å². The van der Waals surface area contributed by atoms with Gasteiger partial charge in [0.25, 0.3) is 0 Å². The van der Waals surface area contributed by atoms with Crippen LogP contribution in [0, 0.1) is 0 Å². The van der Waals surface area contributed by atoms with E-state index in [0.717, 1.165) is 12.8 Å². The fourth-order valence-corrected chi connectivity index (χ4v) is 2.08. The van der Waals surface area contributed by atoms with E-state index in [9.17, 15) is 4.79 Å². The molecule has 2 unspecified atom stereocenters. The Kier molecular flexibility index (Phi) is 1.51. The molecule has 0 amide bonds. The summed E-state index contributed by atoms with van der Waals surface area (Å²) in [4.78, 5) is 11.2. The number of hydrogen-bond acceptors (Lipinski definition) is 3. The molecule has 0 radical (unpaired) electrons. The number of hydrogen-bond donors (Lipinski definition) is 1. The molecule has 0 aliphatic carbocycles. The molecule has 0 aromatic heterocycles. The van der Waals surface area contributed by atoms with Crippen molar-refractivity contribution >= 4 is 5.78 Å². The number of carbonyl (C=O) groups is 1. The molecule has 2 aliphatic rings. The maximum Gasteiger partial charge on any atom is 0.138 e. The predicted octanol–water partition coefficient (Wildman–Crippen LogP) is 0.226. The molecule has 2 rings (SSSR count). The molecule has 11 heavy (non-hydrogen) atoms. The summed E-state index contributed by atoms with van der Waals surface area (Å²) in [5, 5.41) is 0. The summed E-state index contributed by atoms with van der Waals surface area (Å²) in [6.45, 7) is 0.495. The molecule has 3 nitrogen and oxygen atoms in total. The largest absolute Gasteiger partial charge is 0.370 e. The van der Waals surface area contributed by atoms with E-state index in [1.807, 2.05) is 0 Å². The van der Waals surface area contributed by atoms with Crippen LogP contribution in [0.3, 0.4) is 0 Å². The monoisotopic (exact) mass is 155 g/mol. The first kappa shape index (κ1) is 7.25. The van der Waals surface area contributed by atoms with Crippen LogP contribution >= 0.6 is 0 Å². The number of ketones is 1. The van der Waals surface area contributed by atoms with Gasteiger partial charge in [-0.25, -0.2) is 0 Å². The van der Waals surface area contributed by atoms with Gasteiger partial charge in [-0.15, -0.1) is 0 Å². The molecular formula is C8H13NO2. The van der Waals surface area contributed by atoms with Gasteiger partial charge >= 0.3 is 0 Å². The van der Waals surface area contributed by atoms with Gasteiger partial charge in [-0.05, 0) is 12.8 Å². The highest BCUT2D eigenvalue weighted by Crippen LogP contribution is 2.38. The molecule has 0 aromatic carbocycles. The van der Waals surface area contributed by atoms with Crippen LogP contribution in [0.5, 0.6) is 0 Å². The third-order valence-corrected chi connectivity index (χ3v) is 2.69. The second-order valence-corrected chi connectivity index (χ2v) is 3.59. The minimum atomic E-state index is -0.264. The van der Waals surface area contributed by atoms with Crippen LogP contribution in [-0.4, -0.2) is 24.0 Å². The zero-order valence-corrected chi connectivity index (χ0v) is 6.51. The zero-order chi connectivity index (χ0) is 7.90. The fraction of sp³-hybridized carbons (Fsp3) is 0.875. The predicted molar refractivity (Wildman–Crippen MR) is 40.1 cm³/mol. The number of Topliss-reactive ketones (excluding diaryl/α,β-unsaturated/α-hetero) is 1. The van der Waals surface area contributed by atoms with Gasteiger partial charge in [-0.2, -0.15) is 0 Å². The molecule has 2 atom stereocenters. The lowest BCUT2D eigenvalue weighted by atomic mass is 9.94. The van der Waals surface area contributed by atoms with Gasteiger partial charge < -0.3 is 10.5 Å². The lowest BCUT2D eigenvalue weighted by molar-refractivity contribution is -0.138. The average Bonchev–Trinajstić information content (AvgIpc) is 2.28. The second kappa shape index (κ2) is 2.29. The van der Waals surface area contributed by atoms with E-state index in [1.165, 1.54) is 0 Å². The highest BCUT2D eigenvalue weighted by molar-refractivity contribution is 5.81. The summed E-state index contributed by atoms with van der Waals surface area (Å²) in [6.07, 6.45) is 3.32. The van der Waals surface area contributed by atoms with Crippen LogP contribution in [0.15, 0.2) is 0 Å². The van der Waals surface area contributed by atoms with E-state index in [1.54, 1.807) is 0 Å². The van der Waals surface area contributed by atoms with Crippen LogP contribution in [0.25, 0.3) is 0 Å². The first-order valence-corrected chi connectivity index (χ1v) is 4.14. The number of carbonyl (C=O) groups excluding carboxylic acids is 1. The van der Waals surface area contributed by atoms with Crippen molar-refractivity contribution < 1.29 is 9.53 Å². The third-order valence-electron chi connectivity index (χ3n) is 2.69. The van der Waals surface area contributed by atoms with Crippen molar-refractivity contribution in [2.45, 2.75) is 37.4 Å². The van der Waals surface area contributed by atoms with Gasteiger partial charge in [0.1, 0.15) is 5.78 Å². The SMILES string of the molecule is NCC12CCC(CC(=O)C1)O2. The van der Waals surface area contributed by atoms with Crippen molar-refractivity contribution in [2.75, 3.05) is 6.54 Å². The molecule has 3 heteroatoms. The van der Waals surface area contributed by atoms with E-state index in [-0.39, 0.29) is 11.7 Å². The van der Waals surface area contributed by atoms with Crippen molar-refractivity contribution in [3.8, 4) is 0 Å².